The molecule has 166 valence electrons. The van der Waals surface area contributed by atoms with Gasteiger partial charge in [0.05, 0.1) is 34.0 Å². The minimum atomic E-state index is -1.84. The van der Waals surface area contributed by atoms with Gasteiger partial charge in [0.1, 0.15) is 6.61 Å². The molecule has 0 fully saturated rings. The zero-order chi connectivity index (χ0) is 21.7. The van der Waals surface area contributed by atoms with Crippen molar-refractivity contribution in [3.8, 4) is 11.4 Å². The van der Waals surface area contributed by atoms with E-state index < -0.39 is 11.6 Å². The highest BCUT2D eigenvalue weighted by Crippen LogP contribution is 2.48. The molecule has 6 rings (SSSR count). The van der Waals surface area contributed by atoms with Gasteiger partial charge in [0.2, 0.25) is 0 Å². The summed E-state index contributed by atoms with van der Waals surface area (Å²) in [5.74, 6) is -0.0490. The molecule has 0 radical (unpaired) electrons. The zero-order valence-electron chi connectivity index (χ0n) is 17.0. The molecule has 1 unspecified atom stereocenters. The van der Waals surface area contributed by atoms with Gasteiger partial charge >= 0.3 is 5.97 Å². The standard InChI is InChI=1S/C22H18ClN3O4S.ClH/c1-2-22(29)11-5-15-18-9(6-26(15)20(27)10(11)7-30-21(22)28)16-13(24)8-31-19-12(23)3-4-14(25-18)17(16)19;/h3-5,13,29H,2,6-8,24H2,1H3;1H/t13?,22-;/m0./s1. The first-order chi connectivity index (χ1) is 14.8. The summed E-state index contributed by atoms with van der Waals surface area (Å²) in [5.41, 5.74) is 8.89. The lowest BCUT2D eigenvalue weighted by Crippen LogP contribution is -2.44. The van der Waals surface area contributed by atoms with Crippen LogP contribution >= 0.6 is 35.8 Å². The van der Waals surface area contributed by atoms with Crippen molar-refractivity contribution < 1.29 is 14.6 Å². The van der Waals surface area contributed by atoms with Crippen molar-refractivity contribution in [2.75, 3.05) is 5.75 Å². The van der Waals surface area contributed by atoms with Crippen molar-refractivity contribution in [1.82, 2.24) is 9.55 Å². The fourth-order valence-electron chi connectivity index (χ4n) is 4.96. The van der Waals surface area contributed by atoms with E-state index in [2.05, 4.69) is 0 Å². The van der Waals surface area contributed by atoms with E-state index in [0.29, 0.717) is 39.8 Å². The molecule has 3 aliphatic rings. The van der Waals surface area contributed by atoms with Gasteiger partial charge in [-0.3, -0.25) is 4.79 Å². The Morgan fingerprint density at radius 1 is 1.38 bits per heavy atom. The van der Waals surface area contributed by atoms with Crippen molar-refractivity contribution in [2.45, 2.75) is 43.0 Å². The van der Waals surface area contributed by atoms with E-state index in [0.717, 1.165) is 26.9 Å². The summed E-state index contributed by atoms with van der Waals surface area (Å²) >= 11 is 8.07. The molecule has 0 bridgehead atoms. The summed E-state index contributed by atoms with van der Waals surface area (Å²) < 4.78 is 6.77. The predicted octanol–water partition coefficient (Wildman–Crippen LogP) is 3.26. The highest BCUT2D eigenvalue weighted by molar-refractivity contribution is 7.99. The molecule has 2 atom stereocenters. The molecule has 2 aromatic heterocycles. The second kappa shape index (κ2) is 7.20. The largest absolute Gasteiger partial charge is 0.458 e. The summed E-state index contributed by atoms with van der Waals surface area (Å²) in [7, 11) is 0. The first-order valence-electron chi connectivity index (χ1n) is 10.1. The van der Waals surface area contributed by atoms with E-state index in [1.165, 1.54) is 0 Å². The van der Waals surface area contributed by atoms with Gasteiger partial charge in [0.25, 0.3) is 5.56 Å². The summed E-state index contributed by atoms with van der Waals surface area (Å²) in [4.78, 5) is 31.5. The van der Waals surface area contributed by atoms with Gasteiger partial charge in [-0.1, -0.05) is 18.5 Å². The lowest BCUT2D eigenvalue weighted by Gasteiger charge is -2.31. The van der Waals surface area contributed by atoms with Crippen molar-refractivity contribution in [1.29, 1.82) is 0 Å². The van der Waals surface area contributed by atoms with E-state index in [4.69, 9.17) is 27.1 Å². The van der Waals surface area contributed by atoms with Crippen LogP contribution in [-0.4, -0.2) is 26.4 Å². The summed E-state index contributed by atoms with van der Waals surface area (Å²) in [6.45, 7) is 1.87. The summed E-state index contributed by atoms with van der Waals surface area (Å²) in [6, 6.07) is 5.19. The third-order valence-corrected chi connectivity index (χ3v) is 8.25. The SMILES string of the molecule is CC[C@@]1(O)C(=O)OCc2c1cc1n(c2=O)Cc2c-1nc1ccc(Cl)c3c1c2C(N)CS3.Cl. The van der Waals surface area contributed by atoms with E-state index in [1.54, 1.807) is 29.3 Å². The summed E-state index contributed by atoms with van der Waals surface area (Å²) in [6.07, 6.45) is 0.106. The van der Waals surface area contributed by atoms with Crippen LogP contribution in [0.3, 0.4) is 0 Å². The van der Waals surface area contributed by atoms with Crippen LogP contribution < -0.4 is 11.3 Å². The number of nitrogens with zero attached hydrogens (tertiary/aromatic N) is 2. The lowest BCUT2D eigenvalue weighted by molar-refractivity contribution is -0.172. The number of halogens is 2. The Balaban J connectivity index is 0.00000216. The molecule has 10 heteroatoms. The van der Waals surface area contributed by atoms with Crippen LogP contribution in [0.4, 0.5) is 0 Å². The molecule has 0 spiro atoms. The molecule has 32 heavy (non-hydrogen) atoms. The van der Waals surface area contributed by atoms with Crippen LogP contribution in [0, 0.1) is 0 Å². The predicted molar refractivity (Wildman–Crippen MR) is 124 cm³/mol. The topological polar surface area (TPSA) is 107 Å². The third-order valence-electron chi connectivity index (χ3n) is 6.58. The molecular formula is C22H19Cl2N3O4S. The van der Waals surface area contributed by atoms with Gasteiger partial charge in [0, 0.05) is 33.2 Å². The number of thioether (sulfide) groups is 1. The van der Waals surface area contributed by atoms with Crippen molar-refractivity contribution >= 4 is 52.6 Å². The Morgan fingerprint density at radius 2 is 2.16 bits per heavy atom. The first-order valence-corrected chi connectivity index (χ1v) is 11.4. The maximum atomic E-state index is 13.4. The number of carbonyl (C=O) groups is 1. The van der Waals surface area contributed by atoms with Gasteiger partial charge in [-0.05, 0) is 30.2 Å². The van der Waals surface area contributed by atoms with Crippen LogP contribution in [0.1, 0.15) is 41.6 Å². The quantitative estimate of drug-likeness (QED) is 0.393. The number of hydrogen-bond donors (Lipinski definition) is 2. The lowest BCUT2D eigenvalue weighted by atomic mass is 9.86. The Hall–Kier alpha value is -2.10. The number of ether oxygens (including phenoxy) is 1. The molecule has 0 saturated heterocycles. The van der Waals surface area contributed by atoms with Crippen molar-refractivity contribution in [3.63, 3.8) is 0 Å². The number of benzene rings is 1. The number of pyridine rings is 2. The molecule has 5 heterocycles. The van der Waals surface area contributed by atoms with Crippen molar-refractivity contribution in [3.05, 3.63) is 55.8 Å². The monoisotopic (exact) mass is 491 g/mol. The second-order valence-electron chi connectivity index (χ2n) is 8.14. The highest BCUT2D eigenvalue weighted by atomic mass is 35.5. The fraction of sp³-hybridized carbons (Fsp3) is 0.318. The van der Waals surface area contributed by atoms with Crippen LogP contribution in [0.2, 0.25) is 5.02 Å². The average molecular weight is 492 g/mol. The van der Waals surface area contributed by atoms with Crippen LogP contribution in [0.15, 0.2) is 27.9 Å². The molecule has 3 aromatic rings. The van der Waals surface area contributed by atoms with Gasteiger partial charge in [-0.15, -0.1) is 24.2 Å². The first kappa shape index (κ1) is 21.7. The Kier molecular flexibility index (Phi) is 4.89. The van der Waals surface area contributed by atoms with Crippen LogP contribution in [0.5, 0.6) is 0 Å². The average Bonchev–Trinajstić information content (AvgIpc) is 3.13. The van der Waals surface area contributed by atoms with Gasteiger partial charge in [0.15, 0.2) is 5.60 Å². The van der Waals surface area contributed by atoms with Gasteiger partial charge in [-0.25, -0.2) is 9.78 Å². The van der Waals surface area contributed by atoms with Gasteiger partial charge in [-0.2, -0.15) is 0 Å². The minimum absolute atomic E-state index is 0. The maximum absolute atomic E-state index is 13.4. The molecule has 0 aliphatic carbocycles. The van der Waals surface area contributed by atoms with Crippen molar-refractivity contribution in [2.24, 2.45) is 5.73 Å². The van der Waals surface area contributed by atoms with E-state index in [1.807, 2.05) is 12.1 Å². The number of aliphatic hydroxyl groups is 1. The molecule has 3 aliphatic heterocycles. The maximum Gasteiger partial charge on any atom is 0.343 e. The molecule has 0 saturated carbocycles. The number of carbonyl (C=O) groups excluding carboxylic acids is 1. The number of cyclic esters (lactones) is 1. The van der Waals surface area contributed by atoms with Crippen LogP contribution in [-0.2, 0) is 28.3 Å². The van der Waals surface area contributed by atoms with E-state index >= 15 is 0 Å². The Bertz CT molecular complexity index is 1410. The molecule has 7 nitrogen and oxygen atoms in total. The number of nitrogens with two attached hydrogens (primary N) is 1. The summed E-state index contributed by atoms with van der Waals surface area (Å²) in [5, 5.41) is 12.6. The zero-order valence-corrected chi connectivity index (χ0v) is 19.4. The second-order valence-corrected chi connectivity index (χ2v) is 9.58. The van der Waals surface area contributed by atoms with Crippen LogP contribution in [0.25, 0.3) is 22.3 Å². The van der Waals surface area contributed by atoms with E-state index in [-0.39, 0.29) is 37.0 Å². The normalized spacial score (nSPS) is 22.6. The third kappa shape index (κ3) is 2.61. The number of esters is 1. The molecule has 1 aromatic carbocycles. The number of rotatable bonds is 1. The van der Waals surface area contributed by atoms with Gasteiger partial charge < -0.3 is 20.1 Å². The smallest absolute Gasteiger partial charge is 0.343 e. The molecular weight excluding hydrogens is 473 g/mol. The highest BCUT2D eigenvalue weighted by Gasteiger charge is 2.45. The Labute approximate surface area is 198 Å². The minimum Gasteiger partial charge on any atom is -0.458 e. The Morgan fingerprint density at radius 3 is 2.91 bits per heavy atom. The molecule has 0 amide bonds. The fourth-order valence-corrected chi connectivity index (χ4v) is 6.36. The number of fused-ring (bicyclic) bond motifs is 5. The number of aromatic nitrogens is 2. The number of hydrogen-bond acceptors (Lipinski definition) is 7. The molecule has 3 N–H and O–H groups in total. The van der Waals surface area contributed by atoms with E-state index in [9.17, 15) is 14.7 Å².